The predicted molar refractivity (Wildman–Crippen MR) is 122 cm³/mol. The summed E-state index contributed by atoms with van der Waals surface area (Å²) in [4.78, 5) is 7.10. The van der Waals surface area contributed by atoms with Crippen LogP contribution in [0.2, 0.25) is 0 Å². The molecular weight excluding hydrogens is 469 g/mol. The molecule has 0 aliphatic carbocycles. The molecule has 28 heavy (non-hydrogen) atoms. The number of nitrogens with one attached hydrogen (secondary N) is 2. The van der Waals surface area contributed by atoms with Gasteiger partial charge in [0.2, 0.25) is 0 Å². The highest BCUT2D eigenvalue weighted by atomic mass is 127. The summed E-state index contributed by atoms with van der Waals surface area (Å²) < 4.78 is 7.10. The lowest BCUT2D eigenvalue weighted by molar-refractivity contribution is 0.203. The first-order valence-electron chi connectivity index (χ1n) is 9.36. The quantitative estimate of drug-likeness (QED) is 0.262. The summed E-state index contributed by atoms with van der Waals surface area (Å²) >= 11 is 0. The minimum Gasteiger partial charge on any atom is -0.383 e. The molecule has 0 bridgehead atoms. The molecule has 0 radical (unpaired) electrons. The van der Waals surface area contributed by atoms with E-state index >= 15 is 0 Å². The summed E-state index contributed by atoms with van der Waals surface area (Å²) in [5, 5.41) is 15.2. The van der Waals surface area contributed by atoms with Crippen LogP contribution in [0.25, 0.3) is 0 Å². The fraction of sp³-hybridized carbons (Fsp3) is 0.526. The molecular formula is C19H30IN7O. The van der Waals surface area contributed by atoms with E-state index < -0.39 is 0 Å². The van der Waals surface area contributed by atoms with E-state index in [1.54, 1.807) is 7.11 Å². The van der Waals surface area contributed by atoms with Gasteiger partial charge in [-0.05, 0) is 25.5 Å². The Morgan fingerprint density at radius 3 is 2.75 bits per heavy atom. The van der Waals surface area contributed by atoms with Gasteiger partial charge in [-0.2, -0.15) is 0 Å². The zero-order valence-corrected chi connectivity index (χ0v) is 19.1. The maximum atomic E-state index is 5.14. The van der Waals surface area contributed by atoms with Crippen molar-refractivity contribution in [3.63, 3.8) is 0 Å². The Kier molecular flexibility index (Phi) is 8.97. The third kappa shape index (κ3) is 6.06. The van der Waals surface area contributed by atoms with E-state index in [1.807, 2.05) is 24.6 Å². The highest BCUT2D eigenvalue weighted by Gasteiger charge is 2.23. The van der Waals surface area contributed by atoms with E-state index in [1.165, 1.54) is 5.69 Å². The summed E-state index contributed by atoms with van der Waals surface area (Å²) in [7, 11) is 3.66. The lowest BCUT2D eigenvalue weighted by Gasteiger charge is -2.20. The van der Waals surface area contributed by atoms with Gasteiger partial charge in [0.15, 0.2) is 11.8 Å². The topological polar surface area (TPSA) is 79.6 Å². The first kappa shape index (κ1) is 22.4. The van der Waals surface area contributed by atoms with Crippen LogP contribution >= 0.6 is 24.0 Å². The second kappa shape index (κ2) is 11.2. The van der Waals surface area contributed by atoms with E-state index in [4.69, 9.17) is 9.73 Å². The minimum atomic E-state index is 0. The molecule has 1 aliphatic rings. The van der Waals surface area contributed by atoms with Crippen LogP contribution in [0.15, 0.2) is 35.3 Å². The average molecular weight is 499 g/mol. The van der Waals surface area contributed by atoms with E-state index in [2.05, 4.69) is 50.0 Å². The molecule has 1 aliphatic heterocycles. The van der Waals surface area contributed by atoms with Gasteiger partial charge in [0, 0.05) is 45.5 Å². The number of ether oxygens (including phenoxy) is 1. The normalized spacial score (nSPS) is 16.8. The molecule has 154 valence electrons. The van der Waals surface area contributed by atoms with Gasteiger partial charge in [-0.25, -0.2) is 4.99 Å². The van der Waals surface area contributed by atoms with Gasteiger partial charge in [0.1, 0.15) is 12.4 Å². The Hall–Kier alpha value is -1.88. The number of rotatable bonds is 7. The van der Waals surface area contributed by atoms with E-state index in [0.717, 1.165) is 37.1 Å². The number of aliphatic imine (C=N–C) groups is 1. The number of hydrogen-bond donors (Lipinski definition) is 2. The van der Waals surface area contributed by atoms with Crippen molar-refractivity contribution in [3.05, 3.63) is 42.0 Å². The molecule has 1 atom stereocenters. The van der Waals surface area contributed by atoms with E-state index in [-0.39, 0.29) is 24.0 Å². The number of hydrogen-bond acceptors (Lipinski definition) is 5. The smallest absolute Gasteiger partial charge is 0.192 e. The maximum absolute atomic E-state index is 5.14. The minimum absolute atomic E-state index is 0. The van der Waals surface area contributed by atoms with Gasteiger partial charge < -0.3 is 24.8 Å². The largest absolute Gasteiger partial charge is 0.383 e. The van der Waals surface area contributed by atoms with Crippen molar-refractivity contribution in [2.45, 2.75) is 25.9 Å². The molecule has 8 nitrogen and oxygen atoms in total. The third-order valence-corrected chi connectivity index (χ3v) is 4.81. The van der Waals surface area contributed by atoms with Gasteiger partial charge in [-0.3, -0.25) is 0 Å². The van der Waals surface area contributed by atoms with Crippen LogP contribution in [0.5, 0.6) is 0 Å². The van der Waals surface area contributed by atoms with Crippen molar-refractivity contribution in [3.8, 4) is 0 Å². The summed E-state index contributed by atoms with van der Waals surface area (Å²) in [6.07, 6.45) is 1.07. The van der Waals surface area contributed by atoms with Crippen LogP contribution < -0.4 is 15.5 Å². The molecule has 0 amide bonds. The van der Waals surface area contributed by atoms with Crippen LogP contribution in [-0.2, 0) is 18.3 Å². The Bertz CT molecular complexity index is 750. The predicted octanol–water partition coefficient (Wildman–Crippen LogP) is 1.70. The highest BCUT2D eigenvalue weighted by molar-refractivity contribution is 14.0. The summed E-state index contributed by atoms with van der Waals surface area (Å²) in [6, 6.07) is 10.9. The van der Waals surface area contributed by atoms with Crippen LogP contribution in [0.3, 0.4) is 0 Å². The lowest BCUT2D eigenvalue weighted by atomic mass is 10.3. The Labute approximate surface area is 183 Å². The van der Waals surface area contributed by atoms with Crippen LogP contribution in [0, 0.1) is 6.92 Å². The maximum Gasteiger partial charge on any atom is 0.192 e. The molecule has 9 heteroatoms. The number of para-hydroxylation sites is 1. The standard InChI is InChI=1S/C19H29N7O.HI/c1-15-23-24-18(25(15)2)13-21-19(20-10-12-27-3)22-16-9-11-26(14-16)17-7-5-4-6-8-17;/h4-8,16H,9-14H2,1-3H3,(H2,20,21,22);1H. The Balaban J connectivity index is 0.00000280. The number of guanidine groups is 1. The third-order valence-electron chi connectivity index (χ3n) is 4.81. The summed E-state index contributed by atoms with van der Waals surface area (Å²) in [5.41, 5.74) is 1.27. The molecule has 2 heterocycles. The fourth-order valence-corrected chi connectivity index (χ4v) is 3.11. The van der Waals surface area contributed by atoms with Gasteiger partial charge >= 0.3 is 0 Å². The molecule has 0 spiro atoms. The number of methoxy groups -OCH3 is 1. The molecule has 1 unspecified atom stereocenters. The Morgan fingerprint density at radius 1 is 1.29 bits per heavy atom. The van der Waals surface area contributed by atoms with Crippen molar-refractivity contribution in [2.24, 2.45) is 12.0 Å². The number of nitrogens with zero attached hydrogens (tertiary/aromatic N) is 5. The van der Waals surface area contributed by atoms with Gasteiger partial charge in [0.25, 0.3) is 0 Å². The zero-order chi connectivity index (χ0) is 19.1. The number of benzene rings is 1. The molecule has 2 N–H and O–H groups in total. The SMILES string of the molecule is COCCNC(=NCc1nnc(C)n1C)NC1CCN(c2ccccc2)C1.I. The first-order chi connectivity index (χ1) is 13.2. The van der Waals surface area contributed by atoms with Crippen LogP contribution in [0.4, 0.5) is 5.69 Å². The van der Waals surface area contributed by atoms with Crippen LogP contribution in [0.1, 0.15) is 18.1 Å². The molecule has 1 aromatic carbocycles. The summed E-state index contributed by atoms with van der Waals surface area (Å²) in [6.45, 7) is 5.75. The van der Waals surface area contributed by atoms with Crippen molar-refractivity contribution in [2.75, 3.05) is 38.3 Å². The summed E-state index contributed by atoms with van der Waals surface area (Å²) in [5.74, 6) is 2.52. The number of aryl methyl sites for hydroxylation is 1. The van der Waals surface area contributed by atoms with Gasteiger partial charge in [0.05, 0.1) is 6.61 Å². The monoisotopic (exact) mass is 499 g/mol. The van der Waals surface area contributed by atoms with Crippen LogP contribution in [-0.4, -0.2) is 60.1 Å². The number of halogens is 1. The van der Waals surface area contributed by atoms with Crippen molar-refractivity contribution >= 4 is 35.6 Å². The molecule has 0 saturated carbocycles. The van der Waals surface area contributed by atoms with Crippen molar-refractivity contribution in [1.82, 2.24) is 25.4 Å². The fourth-order valence-electron chi connectivity index (χ4n) is 3.11. The van der Waals surface area contributed by atoms with E-state index in [9.17, 15) is 0 Å². The molecule has 1 saturated heterocycles. The van der Waals surface area contributed by atoms with E-state index in [0.29, 0.717) is 25.7 Å². The second-order valence-electron chi connectivity index (χ2n) is 6.72. The zero-order valence-electron chi connectivity index (χ0n) is 16.8. The number of anilines is 1. The number of aromatic nitrogens is 3. The molecule has 3 rings (SSSR count). The van der Waals surface area contributed by atoms with Crippen molar-refractivity contribution in [1.29, 1.82) is 0 Å². The molecule has 1 fully saturated rings. The highest BCUT2D eigenvalue weighted by Crippen LogP contribution is 2.19. The first-order valence-corrected chi connectivity index (χ1v) is 9.36. The average Bonchev–Trinajstić information content (AvgIpc) is 3.28. The lowest BCUT2D eigenvalue weighted by Crippen LogP contribution is -2.45. The van der Waals surface area contributed by atoms with Gasteiger partial charge in [-0.1, -0.05) is 18.2 Å². The van der Waals surface area contributed by atoms with Gasteiger partial charge in [-0.15, -0.1) is 34.2 Å². The Morgan fingerprint density at radius 2 is 2.07 bits per heavy atom. The van der Waals surface area contributed by atoms with Crippen molar-refractivity contribution < 1.29 is 4.74 Å². The molecule has 2 aromatic rings. The molecule has 1 aromatic heterocycles. The second-order valence-corrected chi connectivity index (χ2v) is 6.72.